The van der Waals surface area contributed by atoms with Crippen molar-refractivity contribution in [3.05, 3.63) is 18.2 Å². The molecule has 1 aromatic rings. The summed E-state index contributed by atoms with van der Waals surface area (Å²) in [5.74, 6) is -0.139. The molecule has 1 N–H and O–H groups in total. The summed E-state index contributed by atoms with van der Waals surface area (Å²) in [6.45, 7) is 5.44. The molecule has 0 amide bonds. The molecule has 6 heteroatoms. The summed E-state index contributed by atoms with van der Waals surface area (Å²) >= 11 is 0. The van der Waals surface area contributed by atoms with Crippen LogP contribution in [0.4, 0.5) is 0 Å². The zero-order valence-corrected chi connectivity index (χ0v) is 11.3. The highest BCUT2D eigenvalue weighted by molar-refractivity contribution is 5.69. The van der Waals surface area contributed by atoms with Gasteiger partial charge in [0.2, 0.25) is 0 Å². The van der Waals surface area contributed by atoms with E-state index >= 15 is 0 Å². The maximum absolute atomic E-state index is 11.3. The molecule has 0 bridgehead atoms. The minimum Gasteiger partial charge on any atom is -0.466 e. The summed E-state index contributed by atoms with van der Waals surface area (Å²) in [5, 5.41) is 3.30. The van der Waals surface area contributed by atoms with Gasteiger partial charge in [-0.05, 0) is 13.3 Å². The molecule has 1 unspecified atom stereocenters. The minimum atomic E-state index is -0.139. The summed E-state index contributed by atoms with van der Waals surface area (Å²) in [5.41, 5.74) is 1.07. The van der Waals surface area contributed by atoms with Crippen molar-refractivity contribution < 1.29 is 14.3 Å². The third kappa shape index (κ3) is 4.04. The number of ether oxygens (including phenoxy) is 2. The second-order valence-corrected chi connectivity index (χ2v) is 4.48. The van der Waals surface area contributed by atoms with Crippen molar-refractivity contribution in [2.45, 2.75) is 32.4 Å². The Bertz CT molecular complexity index is 400. The van der Waals surface area contributed by atoms with Crippen molar-refractivity contribution in [3.8, 4) is 0 Å². The number of hydrogen-bond acceptors (Lipinski definition) is 5. The molecular weight excluding hydrogens is 246 g/mol. The van der Waals surface area contributed by atoms with E-state index in [0.29, 0.717) is 13.0 Å². The van der Waals surface area contributed by atoms with Crippen molar-refractivity contribution in [1.82, 2.24) is 14.9 Å². The SMILES string of the molecule is CCOC(=O)CCCn1cncc1C1CNCCO1. The van der Waals surface area contributed by atoms with Crippen LogP contribution in [0.5, 0.6) is 0 Å². The van der Waals surface area contributed by atoms with Gasteiger partial charge in [-0.2, -0.15) is 0 Å². The van der Waals surface area contributed by atoms with Gasteiger partial charge < -0.3 is 19.4 Å². The Hall–Kier alpha value is -1.40. The molecule has 0 radical (unpaired) electrons. The first-order chi connectivity index (χ1) is 9.31. The molecule has 0 saturated carbocycles. The molecule has 1 aliphatic heterocycles. The largest absolute Gasteiger partial charge is 0.466 e. The highest BCUT2D eigenvalue weighted by atomic mass is 16.5. The first-order valence-electron chi connectivity index (χ1n) is 6.79. The average Bonchev–Trinajstić information content (AvgIpc) is 2.88. The van der Waals surface area contributed by atoms with Gasteiger partial charge in [-0.25, -0.2) is 4.98 Å². The van der Waals surface area contributed by atoms with Crippen molar-refractivity contribution in [3.63, 3.8) is 0 Å². The van der Waals surface area contributed by atoms with Gasteiger partial charge >= 0.3 is 5.97 Å². The molecule has 1 saturated heterocycles. The van der Waals surface area contributed by atoms with Gasteiger partial charge in [0.15, 0.2) is 0 Å². The molecule has 1 aromatic heterocycles. The van der Waals surface area contributed by atoms with E-state index < -0.39 is 0 Å². The van der Waals surface area contributed by atoms with E-state index in [1.54, 1.807) is 6.33 Å². The Morgan fingerprint density at radius 3 is 3.32 bits per heavy atom. The molecular formula is C13H21N3O3. The van der Waals surface area contributed by atoms with Gasteiger partial charge in [0.1, 0.15) is 6.10 Å². The number of aryl methyl sites for hydroxylation is 1. The first kappa shape index (κ1) is 14.0. The van der Waals surface area contributed by atoms with Crippen LogP contribution in [0.25, 0.3) is 0 Å². The number of hydrogen-bond donors (Lipinski definition) is 1. The van der Waals surface area contributed by atoms with Crippen LogP contribution in [0.2, 0.25) is 0 Å². The van der Waals surface area contributed by atoms with E-state index in [9.17, 15) is 4.79 Å². The average molecular weight is 267 g/mol. The monoisotopic (exact) mass is 267 g/mol. The quantitative estimate of drug-likeness (QED) is 0.775. The standard InChI is InChI=1S/C13H21N3O3/c1-2-18-13(17)4-3-6-16-10-15-8-11(16)12-9-14-5-7-19-12/h8,10,12,14H,2-7,9H2,1H3. The van der Waals surface area contributed by atoms with E-state index in [0.717, 1.165) is 38.4 Å². The zero-order chi connectivity index (χ0) is 13.5. The topological polar surface area (TPSA) is 65.4 Å². The van der Waals surface area contributed by atoms with Crippen LogP contribution < -0.4 is 5.32 Å². The normalized spacial score (nSPS) is 19.3. The summed E-state index contributed by atoms with van der Waals surface area (Å²) in [6, 6.07) is 0. The van der Waals surface area contributed by atoms with Crippen molar-refractivity contribution in [2.24, 2.45) is 0 Å². The number of morpholine rings is 1. The number of nitrogens with one attached hydrogen (secondary N) is 1. The van der Waals surface area contributed by atoms with Crippen LogP contribution >= 0.6 is 0 Å². The lowest BCUT2D eigenvalue weighted by Crippen LogP contribution is -2.34. The molecule has 0 aliphatic carbocycles. The number of aromatic nitrogens is 2. The van der Waals surface area contributed by atoms with Crippen LogP contribution in [-0.2, 0) is 20.8 Å². The second kappa shape index (κ2) is 7.25. The van der Waals surface area contributed by atoms with E-state index in [1.807, 2.05) is 13.1 Å². The third-order valence-corrected chi connectivity index (χ3v) is 3.09. The van der Waals surface area contributed by atoms with Crippen molar-refractivity contribution >= 4 is 5.97 Å². The number of nitrogens with zero attached hydrogens (tertiary/aromatic N) is 2. The van der Waals surface area contributed by atoms with Crippen molar-refractivity contribution in [2.75, 3.05) is 26.3 Å². The Kier molecular flexibility index (Phi) is 5.35. The van der Waals surface area contributed by atoms with Gasteiger partial charge in [-0.1, -0.05) is 0 Å². The molecule has 6 nitrogen and oxygen atoms in total. The molecule has 0 spiro atoms. The smallest absolute Gasteiger partial charge is 0.305 e. The third-order valence-electron chi connectivity index (χ3n) is 3.09. The van der Waals surface area contributed by atoms with Gasteiger partial charge in [0.05, 0.1) is 31.4 Å². The minimum absolute atomic E-state index is 0.0545. The molecule has 2 rings (SSSR count). The highest BCUT2D eigenvalue weighted by Crippen LogP contribution is 2.18. The molecule has 1 fully saturated rings. The zero-order valence-electron chi connectivity index (χ0n) is 11.3. The van der Waals surface area contributed by atoms with Crippen LogP contribution in [-0.4, -0.2) is 41.8 Å². The molecule has 0 aromatic carbocycles. The van der Waals surface area contributed by atoms with E-state index in [4.69, 9.17) is 9.47 Å². The fraction of sp³-hybridized carbons (Fsp3) is 0.692. The summed E-state index contributed by atoms with van der Waals surface area (Å²) < 4.78 is 12.7. The molecule has 1 aliphatic rings. The Morgan fingerprint density at radius 1 is 1.68 bits per heavy atom. The molecule has 2 heterocycles. The predicted octanol–water partition coefficient (Wildman–Crippen LogP) is 0.887. The number of imidazole rings is 1. The Balaban J connectivity index is 1.83. The highest BCUT2D eigenvalue weighted by Gasteiger charge is 2.19. The number of carbonyl (C=O) groups excluding carboxylic acids is 1. The number of carbonyl (C=O) groups is 1. The predicted molar refractivity (Wildman–Crippen MR) is 69.7 cm³/mol. The van der Waals surface area contributed by atoms with E-state index in [-0.39, 0.29) is 12.1 Å². The maximum Gasteiger partial charge on any atom is 0.305 e. The Morgan fingerprint density at radius 2 is 2.58 bits per heavy atom. The summed E-state index contributed by atoms with van der Waals surface area (Å²) in [7, 11) is 0. The van der Waals surface area contributed by atoms with Crippen LogP contribution in [0, 0.1) is 0 Å². The molecule has 106 valence electrons. The number of esters is 1. The summed E-state index contributed by atoms with van der Waals surface area (Å²) in [6.07, 6.45) is 4.87. The lowest BCUT2D eigenvalue weighted by atomic mass is 10.2. The molecule has 19 heavy (non-hydrogen) atoms. The fourth-order valence-electron chi connectivity index (χ4n) is 2.17. The van der Waals surface area contributed by atoms with Crippen LogP contribution in [0.1, 0.15) is 31.6 Å². The Labute approximate surface area is 113 Å². The lowest BCUT2D eigenvalue weighted by molar-refractivity contribution is -0.143. The second-order valence-electron chi connectivity index (χ2n) is 4.48. The van der Waals surface area contributed by atoms with Crippen LogP contribution in [0.3, 0.4) is 0 Å². The number of rotatable bonds is 6. The van der Waals surface area contributed by atoms with Gasteiger partial charge in [-0.3, -0.25) is 4.79 Å². The fourth-order valence-corrected chi connectivity index (χ4v) is 2.17. The van der Waals surface area contributed by atoms with Crippen molar-refractivity contribution in [1.29, 1.82) is 0 Å². The lowest BCUT2D eigenvalue weighted by Gasteiger charge is -2.24. The van der Waals surface area contributed by atoms with Crippen LogP contribution in [0.15, 0.2) is 12.5 Å². The van der Waals surface area contributed by atoms with Gasteiger partial charge in [-0.15, -0.1) is 0 Å². The van der Waals surface area contributed by atoms with Gasteiger partial charge in [0.25, 0.3) is 0 Å². The van der Waals surface area contributed by atoms with E-state index in [1.165, 1.54) is 0 Å². The molecule has 1 atom stereocenters. The summed E-state index contributed by atoms with van der Waals surface area (Å²) in [4.78, 5) is 15.4. The first-order valence-corrected chi connectivity index (χ1v) is 6.79. The maximum atomic E-state index is 11.3. The van der Waals surface area contributed by atoms with Gasteiger partial charge in [0, 0.05) is 26.1 Å². The van der Waals surface area contributed by atoms with E-state index in [2.05, 4.69) is 14.9 Å².